The van der Waals surface area contributed by atoms with Crippen molar-refractivity contribution in [1.29, 1.82) is 0 Å². The number of piperazine rings is 1. The molecule has 5 heteroatoms. The van der Waals surface area contributed by atoms with E-state index < -0.39 is 0 Å². The number of thiophene rings is 1. The summed E-state index contributed by atoms with van der Waals surface area (Å²) in [5.41, 5.74) is 1.23. The molecule has 0 radical (unpaired) electrons. The largest absolute Gasteiger partial charge is 0.481 e. The summed E-state index contributed by atoms with van der Waals surface area (Å²) < 4.78 is 5.15. The number of nitrogens with zero attached hydrogens (tertiary/aromatic N) is 2. The Kier molecular flexibility index (Phi) is 4.30. The van der Waals surface area contributed by atoms with E-state index in [0.29, 0.717) is 11.9 Å². The summed E-state index contributed by atoms with van der Waals surface area (Å²) in [6.45, 7) is 4.22. The molecule has 0 spiro atoms. The number of nitrogens with one attached hydrogen (secondary N) is 1. The van der Waals surface area contributed by atoms with Gasteiger partial charge in [0, 0.05) is 43.3 Å². The predicted octanol–water partition coefficient (Wildman–Crippen LogP) is 2.15. The highest BCUT2D eigenvalue weighted by Gasteiger charge is 2.24. The van der Waals surface area contributed by atoms with Crippen LogP contribution in [-0.2, 0) is 0 Å². The van der Waals surface area contributed by atoms with Crippen molar-refractivity contribution >= 4 is 11.3 Å². The summed E-state index contributed by atoms with van der Waals surface area (Å²) in [4.78, 5) is 8.26. The fourth-order valence-electron chi connectivity index (χ4n) is 2.62. The summed E-state index contributed by atoms with van der Waals surface area (Å²) in [5.74, 6) is 0.666. The van der Waals surface area contributed by atoms with Gasteiger partial charge in [-0.15, -0.1) is 11.3 Å². The van der Waals surface area contributed by atoms with Crippen LogP contribution in [0.2, 0.25) is 0 Å². The minimum atomic E-state index is 0.301. The lowest BCUT2D eigenvalue weighted by Gasteiger charge is -2.34. The van der Waals surface area contributed by atoms with E-state index >= 15 is 0 Å². The molecule has 0 aromatic carbocycles. The second-order valence-electron chi connectivity index (χ2n) is 4.84. The van der Waals surface area contributed by atoms with Gasteiger partial charge in [-0.1, -0.05) is 12.1 Å². The molecule has 1 atom stereocenters. The average molecular weight is 289 g/mol. The molecule has 20 heavy (non-hydrogen) atoms. The monoisotopic (exact) mass is 289 g/mol. The first-order chi connectivity index (χ1) is 9.88. The van der Waals surface area contributed by atoms with E-state index in [4.69, 9.17) is 4.74 Å². The molecule has 0 bridgehead atoms. The van der Waals surface area contributed by atoms with E-state index in [1.54, 1.807) is 7.11 Å². The zero-order chi connectivity index (χ0) is 13.8. The molecule has 2 aromatic heterocycles. The van der Waals surface area contributed by atoms with Crippen LogP contribution >= 0.6 is 11.3 Å². The SMILES string of the molecule is COc1ccc([C@@H](c2cccs2)N2CCNCC2)cn1. The fraction of sp³-hybridized carbons (Fsp3) is 0.400. The van der Waals surface area contributed by atoms with Gasteiger partial charge in [0.25, 0.3) is 0 Å². The van der Waals surface area contributed by atoms with Gasteiger partial charge in [0.05, 0.1) is 13.2 Å². The van der Waals surface area contributed by atoms with Gasteiger partial charge in [0.15, 0.2) is 0 Å². The Hall–Kier alpha value is -1.43. The first kappa shape index (κ1) is 13.5. The molecule has 0 unspecified atom stereocenters. The van der Waals surface area contributed by atoms with E-state index in [-0.39, 0.29) is 0 Å². The van der Waals surface area contributed by atoms with E-state index in [9.17, 15) is 0 Å². The number of methoxy groups -OCH3 is 1. The summed E-state index contributed by atoms with van der Waals surface area (Å²) in [6.07, 6.45) is 1.94. The number of hydrogen-bond donors (Lipinski definition) is 1. The second kappa shape index (κ2) is 6.35. The highest BCUT2D eigenvalue weighted by Crippen LogP contribution is 2.32. The molecule has 0 amide bonds. The fourth-order valence-corrected chi connectivity index (χ4v) is 3.50. The van der Waals surface area contributed by atoms with E-state index in [0.717, 1.165) is 26.2 Å². The van der Waals surface area contributed by atoms with Crippen molar-refractivity contribution in [2.45, 2.75) is 6.04 Å². The smallest absolute Gasteiger partial charge is 0.212 e. The van der Waals surface area contributed by atoms with Crippen LogP contribution in [0, 0.1) is 0 Å². The van der Waals surface area contributed by atoms with Crippen molar-refractivity contribution in [1.82, 2.24) is 15.2 Å². The normalized spacial score (nSPS) is 17.9. The number of aromatic nitrogens is 1. The van der Waals surface area contributed by atoms with Gasteiger partial charge in [0.2, 0.25) is 5.88 Å². The number of hydrogen-bond acceptors (Lipinski definition) is 5. The molecular weight excluding hydrogens is 270 g/mol. The Bertz CT molecular complexity index is 521. The van der Waals surface area contributed by atoms with Crippen LogP contribution in [0.3, 0.4) is 0 Å². The van der Waals surface area contributed by atoms with Crippen molar-refractivity contribution < 1.29 is 4.74 Å². The molecular formula is C15H19N3OS. The third-order valence-electron chi connectivity index (χ3n) is 3.61. The lowest BCUT2D eigenvalue weighted by Crippen LogP contribution is -2.45. The Balaban J connectivity index is 1.91. The van der Waals surface area contributed by atoms with Crippen molar-refractivity contribution in [2.75, 3.05) is 33.3 Å². The second-order valence-corrected chi connectivity index (χ2v) is 5.82. The van der Waals surface area contributed by atoms with Gasteiger partial charge in [-0.2, -0.15) is 0 Å². The van der Waals surface area contributed by atoms with E-state index in [1.807, 2.05) is 23.6 Å². The summed E-state index contributed by atoms with van der Waals surface area (Å²) in [7, 11) is 1.65. The van der Waals surface area contributed by atoms with Crippen LogP contribution in [-0.4, -0.2) is 43.2 Å². The van der Waals surface area contributed by atoms with Gasteiger partial charge in [-0.3, -0.25) is 4.90 Å². The maximum Gasteiger partial charge on any atom is 0.212 e. The zero-order valence-electron chi connectivity index (χ0n) is 11.6. The predicted molar refractivity (Wildman–Crippen MR) is 81.4 cm³/mol. The molecule has 3 heterocycles. The average Bonchev–Trinajstić information content (AvgIpc) is 3.03. The molecule has 4 nitrogen and oxygen atoms in total. The molecule has 0 saturated carbocycles. The number of ether oxygens (including phenoxy) is 1. The summed E-state index contributed by atoms with van der Waals surface area (Å²) in [6, 6.07) is 8.69. The third kappa shape index (κ3) is 2.85. The van der Waals surface area contributed by atoms with Gasteiger partial charge in [-0.25, -0.2) is 4.98 Å². The Labute approximate surface area is 123 Å². The van der Waals surface area contributed by atoms with Crippen molar-refractivity contribution in [3.05, 3.63) is 46.3 Å². The Morgan fingerprint density at radius 3 is 2.75 bits per heavy atom. The van der Waals surface area contributed by atoms with Crippen LogP contribution in [0.25, 0.3) is 0 Å². The Morgan fingerprint density at radius 1 is 1.30 bits per heavy atom. The zero-order valence-corrected chi connectivity index (χ0v) is 12.4. The van der Waals surface area contributed by atoms with Crippen LogP contribution < -0.4 is 10.1 Å². The third-order valence-corrected chi connectivity index (χ3v) is 4.54. The minimum Gasteiger partial charge on any atom is -0.481 e. The van der Waals surface area contributed by atoms with E-state index in [1.165, 1.54) is 10.4 Å². The molecule has 1 aliphatic rings. The quantitative estimate of drug-likeness (QED) is 0.936. The van der Waals surface area contributed by atoms with Crippen LogP contribution in [0.1, 0.15) is 16.5 Å². The molecule has 0 aliphatic carbocycles. The lowest BCUT2D eigenvalue weighted by molar-refractivity contribution is 0.200. The van der Waals surface area contributed by atoms with Crippen LogP contribution in [0.5, 0.6) is 5.88 Å². The van der Waals surface area contributed by atoms with Gasteiger partial charge in [-0.05, 0) is 17.0 Å². The molecule has 1 N–H and O–H groups in total. The summed E-state index contributed by atoms with van der Waals surface area (Å²) >= 11 is 1.81. The van der Waals surface area contributed by atoms with Gasteiger partial charge < -0.3 is 10.1 Å². The van der Waals surface area contributed by atoms with Gasteiger partial charge in [0.1, 0.15) is 0 Å². The van der Waals surface area contributed by atoms with Gasteiger partial charge >= 0.3 is 0 Å². The van der Waals surface area contributed by atoms with E-state index in [2.05, 4.69) is 38.8 Å². The molecule has 2 aromatic rings. The lowest BCUT2D eigenvalue weighted by atomic mass is 10.0. The summed E-state index contributed by atoms with van der Waals surface area (Å²) in [5, 5.41) is 5.55. The minimum absolute atomic E-state index is 0.301. The molecule has 1 fully saturated rings. The highest BCUT2D eigenvalue weighted by atomic mass is 32.1. The Morgan fingerprint density at radius 2 is 2.15 bits per heavy atom. The number of rotatable bonds is 4. The topological polar surface area (TPSA) is 37.4 Å². The number of pyridine rings is 1. The molecule has 3 rings (SSSR count). The highest BCUT2D eigenvalue weighted by molar-refractivity contribution is 7.10. The van der Waals surface area contributed by atoms with Crippen molar-refractivity contribution in [3.63, 3.8) is 0 Å². The van der Waals surface area contributed by atoms with Crippen LogP contribution in [0.4, 0.5) is 0 Å². The maximum absolute atomic E-state index is 5.15. The van der Waals surface area contributed by atoms with Crippen molar-refractivity contribution in [2.24, 2.45) is 0 Å². The maximum atomic E-state index is 5.15. The standard InChI is InChI=1S/C15H19N3OS/c1-19-14-5-4-12(11-17-14)15(13-3-2-10-20-13)18-8-6-16-7-9-18/h2-5,10-11,15-16H,6-9H2,1H3/t15-/m0/s1. The molecule has 106 valence electrons. The van der Waals surface area contributed by atoms with Crippen LogP contribution in [0.15, 0.2) is 35.8 Å². The first-order valence-electron chi connectivity index (χ1n) is 6.86. The van der Waals surface area contributed by atoms with Crippen molar-refractivity contribution in [3.8, 4) is 5.88 Å². The molecule has 1 saturated heterocycles. The molecule has 1 aliphatic heterocycles. The first-order valence-corrected chi connectivity index (χ1v) is 7.74.